The molecular weight excluding hydrogens is 220 g/mol. The maximum absolute atomic E-state index is 11.6. The van der Waals surface area contributed by atoms with E-state index in [1.807, 2.05) is 0 Å². The minimum atomic E-state index is -0.439. The van der Waals surface area contributed by atoms with Gasteiger partial charge in [-0.2, -0.15) is 4.79 Å². The molecule has 1 aromatic carbocycles. The van der Waals surface area contributed by atoms with Gasteiger partial charge in [0, 0.05) is 17.0 Å². The molecule has 17 heavy (non-hydrogen) atoms. The first-order valence-corrected chi connectivity index (χ1v) is 5.01. The van der Waals surface area contributed by atoms with Gasteiger partial charge in [-0.25, -0.2) is 4.79 Å². The van der Waals surface area contributed by atoms with E-state index in [4.69, 9.17) is 14.7 Å². The van der Waals surface area contributed by atoms with Crippen LogP contribution in [0.15, 0.2) is 33.5 Å². The first-order valence-electron chi connectivity index (χ1n) is 5.01. The van der Waals surface area contributed by atoms with Crippen LogP contribution in [0.3, 0.4) is 0 Å². The fraction of sp³-hybridized carbons (Fsp3) is 0.167. The van der Waals surface area contributed by atoms with Crippen molar-refractivity contribution in [2.24, 2.45) is 0 Å². The van der Waals surface area contributed by atoms with Crippen molar-refractivity contribution in [3.8, 4) is 5.75 Å². The lowest BCUT2D eigenvalue weighted by molar-refractivity contribution is 0.00152. The van der Waals surface area contributed by atoms with Crippen molar-refractivity contribution in [1.82, 2.24) is 0 Å². The lowest BCUT2D eigenvalue weighted by Crippen LogP contribution is -2.07. The molecule has 0 saturated carbocycles. The van der Waals surface area contributed by atoms with Gasteiger partial charge in [-0.05, 0) is 18.2 Å². The van der Waals surface area contributed by atoms with Gasteiger partial charge in [0.2, 0.25) is 0 Å². The van der Waals surface area contributed by atoms with Crippen molar-refractivity contribution in [2.45, 2.75) is 6.42 Å². The van der Waals surface area contributed by atoms with Crippen LogP contribution in [-0.4, -0.2) is 18.1 Å². The zero-order chi connectivity index (χ0) is 12.3. The minimum absolute atomic E-state index is 0.237. The SMILES string of the molecule is COc1ccc2cc(CC=[N+]=[N-])c(=O)oc2c1. The standard InChI is InChI=1S/C12H10N2O3/c1-16-10-3-2-8-6-9(4-5-14-13)12(15)17-11(8)7-10/h2-3,5-7H,4H2,1H3. The largest absolute Gasteiger partial charge is 0.497 e. The molecule has 1 heterocycles. The molecule has 2 aromatic rings. The Kier molecular flexibility index (Phi) is 3.03. The number of nitrogens with zero attached hydrogens (tertiary/aromatic N) is 2. The molecule has 0 spiro atoms. The van der Waals surface area contributed by atoms with Gasteiger partial charge in [-0.15, -0.1) is 0 Å². The van der Waals surface area contributed by atoms with Crippen LogP contribution in [0.25, 0.3) is 16.5 Å². The first kappa shape index (κ1) is 11.1. The molecule has 1 aromatic heterocycles. The van der Waals surface area contributed by atoms with Crippen LogP contribution in [0.5, 0.6) is 5.75 Å². The third-order valence-electron chi connectivity index (χ3n) is 2.41. The Balaban J connectivity index is 2.57. The maximum atomic E-state index is 11.6. The minimum Gasteiger partial charge on any atom is -0.497 e. The predicted octanol–water partition coefficient (Wildman–Crippen LogP) is 1.64. The summed E-state index contributed by atoms with van der Waals surface area (Å²) in [7, 11) is 1.55. The third-order valence-corrected chi connectivity index (χ3v) is 2.41. The summed E-state index contributed by atoms with van der Waals surface area (Å²) in [6.07, 6.45) is 1.47. The molecule has 5 nitrogen and oxygen atoms in total. The van der Waals surface area contributed by atoms with E-state index in [0.717, 1.165) is 5.39 Å². The molecule has 2 rings (SSSR count). The van der Waals surface area contributed by atoms with Crippen LogP contribution in [0.4, 0.5) is 0 Å². The Morgan fingerprint density at radius 2 is 2.29 bits per heavy atom. The molecule has 0 atom stereocenters. The fourth-order valence-electron chi connectivity index (χ4n) is 1.54. The zero-order valence-corrected chi connectivity index (χ0v) is 9.21. The first-order chi connectivity index (χ1) is 8.24. The Morgan fingerprint density at radius 1 is 1.47 bits per heavy atom. The smallest absolute Gasteiger partial charge is 0.340 e. The molecule has 0 amide bonds. The summed E-state index contributed by atoms with van der Waals surface area (Å²) < 4.78 is 10.2. The number of benzene rings is 1. The molecule has 0 bridgehead atoms. The summed E-state index contributed by atoms with van der Waals surface area (Å²) in [6.45, 7) is 0. The Morgan fingerprint density at radius 3 is 3.00 bits per heavy atom. The second-order valence-electron chi connectivity index (χ2n) is 3.47. The topological polar surface area (TPSA) is 75.8 Å². The van der Waals surface area contributed by atoms with Crippen molar-refractivity contribution < 1.29 is 13.9 Å². The molecule has 0 aliphatic carbocycles. The van der Waals surface area contributed by atoms with E-state index in [0.29, 0.717) is 16.9 Å². The number of hydrogen-bond acceptors (Lipinski definition) is 3. The number of ether oxygens (including phenoxy) is 1. The van der Waals surface area contributed by atoms with Crippen LogP contribution in [0.1, 0.15) is 5.56 Å². The summed E-state index contributed by atoms with van der Waals surface area (Å²) in [5.74, 6) is 0.630. The van der Waals surface area contributed by atoms with Crippen LogP contribution in [0, 0.1) is 0 Å². The number of fused-ring (bicyclic) bond motifs is 1. The van der Waals surface area contributed by atoms with Gasteiger partial charge in [-0.3, -0.25) is 0 Å². The second-order valence-corrected chi connectivity index (χ2v) is 3.47. The molecular formula is C12H10N2O3. The lowest BCUT2D eigenvalue weighted by Gasteiger charge is -2.02. The Labute approximate surface area is 96.9 Å². The van der Waals surface area contributed by atoms with Gasteiger partial charge in [0.15, 0.2) is 0 Å². The number of hydrogen-bond donors (Lipinski definition) is 0. The Bertz CT molecular complexity index is 654. The normalized spacial score (nSPS) is 9.94. The molecule has 0 radical (unpaired) electrons. The molecule has 0 unspecified atom stereocenters. The van der Waals surface area contributed by atoms with Crippen LogP contribution in [0.2, 0.25) is 0 Å². The quantitative estimate of drug-likeness (QED) is 0.348. The van der Waals surface area contributed by atoms with Crippen LogP contribution < -0.4 is 10.4 Å². The highest BCUT2D eigenvalue weighted by molar-refractivity contribution is 5.79. The van der Waals surface area contributed by atoms with E-state index < -0.39 is 5.63 Å². The van der Waals surface area contributed by atoms with Crippen molar-refractivity contribution in [1.29, 1.82) is 0 Å². The van der Waals surface area contributed by atoms with Gasteiger partial charge in [0.05, 0.1) is 13.5 Å². The maximum Gasteiger partial charge on any atom is 0.340 e. The van der Waals surface area contributed by atoms with E-state index in [-0.39, 0.29) is 6.42 Å². The average Bonchev–Trinajstić information content (AvgIpc) is 2.35. The molecule has 0 aliphatic heterocycles. The Hall–Kier alpha value is -2.39. The summed E-state index contributed by atoms with van der Waals surface area (Å²) in [5, 5.41) is 0.798. The highest BCUT2D eigenvalue weighted by atomic mass is 16.5. The summed E-state index contributed by atoms with van der Waals surface area (Å²) in [4.78, 5) is 14.4. The molecule has 0 saturated heterocycles. The molecule has 86 valence electrons. The second kappa shape index (κ2) is 4.63. The highest BCUT2D eigenvalue weighted by Gasteiger charge is 2.06. The van der Waals surface area contributed by atoms with Crippen LogP contribution in [-0.2, 0) is 6.42 Å². The monoisotopic (exact) mass is 230 g/mol. The van der Waals surface area contributed by atoms with E-state index >= 15 is 0 Å². The predicted molar refractivity (Wildman–Crippen MR) is 62.4 cm³/mol. The molecule has 5 heteroatoms. The summed E-state index contributed by atoms with van der Waals surface area (Å²) in [5.41, 5.74) is 8.80. The molecule has 0 N–H and O–H groups in total. The van der Waals surface area contributed by atoms with Gasteiger partial charge in [0.25, 0.3) is 6.21 Å². The fourth-order valence-corrected chi connectivity index (χ4v) is 1.54. The average molecular weight is 230 g/mol. The number of methoxy groups -OCH3 is 1. The van der Waals surface area contributed by atoms with E-state index in [1.165, 1.54) is 6.21 Å². The van der Waals surface area contributed by atoms with Crippen molar-refractivity contribution in [3.05, 3.63) is 45.8 Å². The highest BCUT2D eigenvalue weighted by Crippen LogP contribution is 2.19. The van der Waals surface area contributed by atoms with Crippen molar-refractivity contribution in [2.75, 3.05) is 7.11 Å². The molecule has 0 aliphatic rings. The zero-order valence-electron chi connectivity index (χ0n) is 9.21. The molecule has 0 fully saturated rings. The summed E-state index contributed by atoms with van der Waals surface area (Å²) in [6, 6.07) is 6.95. The van der Waals surface area contributed by atoms with Crippen molar-refractivity contribution >= 4 is 17.2 Å². The summed E-state index contributed by atoms with van der Waals surface area (Å²) >= 11 is 0. The van der Waals surface area contributed by atoms with Crippen LogP contribution >= 0.6 is 0 Å². The van der Waals surface area contributed by atoms with Gasteiger partial charge in [0.1, 0.15) is 11.3 Å². The van der Waals surface area contributed by atoms with E-state index in [2.05, 4.69) is 4.79 Å². The van der Waals surface area contributed by atoms with Gasteiger partial charge < -0.3 is 14.7 Å². The van der Waals surface area contributed by atoms with E-state index in [1.54, 1.807) is 31.4 Å². The van der Waals surface area contributed by atoms with Gasteiger partial charge in [-0.1, -0.05) is 0 Å². The van der Waals surface area contributed by atoms with E-state index in [9.17, 15) is 4.79 Å². The van der Waals surface area contributed by atoms with Gasteiger partial charge >= 0.3 is 5.63 Å². The van der Waals surface area contributed by atoms with Crippen molar-refractivity contribution in [3.63, 3.8) is 0 Å². The number of rotatable bonds is 3. The lowest BCUT2D eigenvalue weighted by atomic mass is 10.1. The third kappa shape index (κ3) is 2.24.